The molecule has 2 aliphatic rings. The second kappa shape index (κ2) is 8.42. The molecule has 2 fully saturated rings. The minimum Gasteiger partial charge on any atom is -0.338 e. The Bertz CT molecular complexity index is 587. The molecular formula is C17H27N4O2S2+. The number of rotatable bonds is 5. The molecular weight excluding hydrogens is 356 g/mol. The average molecular weight is 384 g/mol. The summed E-state index contributed by atoms with van der Waals surface area (Å²) in [4.78, 5) is 31.1. The number of carbonyl (C=O) groups excluding carboxylic acids is 2. The summed E-state index contributed by atoms with van der Waals surface area (Å²) in [6.07, 6.45) is 0. The summed E-state index contributed by atoms with van der Waals surface area (Å²) in [5.41, 5.74) is 0. The van der Waals surface area contributed by atoms with Crippen molar-refractivity contribution in [1.82, 2.24) is 15.1 Å². The molecule has 2 atom stereocenters. The number of urea groups is 1. The zero-order chi connectivity index (χ0) is 17.8. The Labute approximate surface area is 157 Å². The van der Waals surface area contributed by atoms with Crippen molar-refractivity contribution in [2.45, 2.75) is 24.5 Å². The van der Waals surface area contributed by atoms with Crippen LogP contribution in [-0.2, 0) is 4.79 Å². The molecule has 0 spiro atoms. The molecule has 2 saturated heterocycles. The lowest BCUT2D eigenvalue weighted by atomic mass is 10.3. The third-order valence-electron chi connectivity index (χ3n) is 4.83. The average Bonchev–Trinajstić information content (AvgIpc) is 3.23. The fraction of sp³-hybridized carbons (Fsp3) is 0.647. The van der Waals surface area contributed by atoms with E-state index in [-0.39, 0.29) is 22.6 Å². The van der Waals surface area contributed by atoms with Gasteiger partial charge in [0.2, 0.25) is 5.91 Å². The molecule has 0 unspecified atom stereocenters. The van der Waals surface area contributed by atoms with Gasteiger partial charge in [-0.1, -0.05) is 6.07 Å². The highest BCUT2D eigenvalue weighted by Gasteiger charge is 2.39. The third-order valence-corrected chi connectivity index (χ3v) is 7.28. The van der Waals surface area contributed by atoms with E-state index in [9.17, 15) is 9.59 Å². The molecule has 6 nitrogen and oxygen atoms in total. The molecule has 138 valence electrons. The van der Waals surface area contributed by atoms with Gasteiger partial charge < -0.3 is 20.0 Å². The van der Waals surface area contributed by atoms with Gasteiger partial charge in [0.15, 0.2) is 0 Å². The Kier molecular flexibility index (Phi) is 6.24. The quantitative estimate of drug-likeness (QED) is 0.785. The first kappa shape index (κ1) is 18.5. The van der Waals surface area contributed by atoms with E-state index < -0.39 is 0 Å². The van der Waals surface area contributed by atoms with Crippen LogP contribution in [0.15, 0.2) is 17.5 Å². The SMILES string of the molecule is CCNC(=O)N1CC[NH+](CCN2C(=O)[C@H](C)S[C@H]2c2cccs2)CC1. The van der Waals surface area contributed by atoms with Crippen molar-refractivity contribution >= 4 is 35.0 Å². The second-order valence-electron chi connectivity index (χ2n) is 6.50. The zero-order valence-corrected chi connectivity index (χ0v) is 16.5. The predicted molar refractivity (Wildman–Crippen MR) is 102 cm³/mol. The van der Waals surface area contributed by atoms with Gasteiger partial charge in [-0.2, -0.15) is 0 Å². The summed E-state index contributed by atoms with van der Waals surface area (Å²) in [7, 11) is 0. The standard InChI is InChI=1S/C17H26N4O2S2/c1-3-18-17(23)20-9-6-19(7-10-20)8-11-21-15(22)13(2)25-16(21)14-5-4-12-24-14/h4-5,12-13,16H,3,6-11H2,1-2H3,(H,18,23)/p+1/t13-,16-/m0/s1. The van der Waals surface area contributed by atoms with E-state index in [1.54, 1.807) is 23.1 Å². The van der Waals surface area contributed by atoms with Crippen LogP contribution in [0.2, 0.25) is 0 Å². The first-order valence-electron chi connectivity index (χ1n) is 8.95. The number of thiophene rings is 1. The van der Waals surface area contributed by atoms with Crippen LogP contribution in [0.25, 0.3) is 0 Å². The van der Waals surface area contributed by atoms with E-state index >= 15 is 0 Å². The Morgan fingerprint density at radius 2 is 2.16 bits per heavy atom. The summed E-state index contributed by atoms with van der Waals surface area (Å²) in [6, 6.07) is 4.22. The molecule has 0 saturated carbocycles. The van der Waals surface area contributed by atoms with E-state index in [0.29, 0.717) is 6.54 Å². The normalized spacial score (nSPS) is 24.8. The molecule has 2 aliphatic heterocycles. The third kappa shape index (κ3) is 4.30. The van der Waals surface area contributed by atoms with E-state index in [2.05, 4.69) is 22.8 Å². The highest BCUT2D eigenvalue weighted by molar-refractivity contribution is 8.01. The number of nitrogens with zero attached hydrogens (tertiary/aromatic N) is 2. The van der Waals surface area contributed by atoms with Gasteiger partial charge in [0.05, 0.1) is 44.5 Å². The van der Waals surface area contributed by atoms with Gasteiger partial charge in [0.25, 0.3) is 0 Å². The van der Waals surface area contributed by atoms with E-state index in [0.717, 1.165) is 39.3 Å². The first-order chi connectivity index (χ1) is 12.1. The Balaban J connectivity index is 1.51. The molecule has 0 radical (unpaired) electrons. The van der Waals surface area contributed by atoms with Gasteiger partial charge in [0, 0.05) is 11.4 Å². The molecule has 3 amide bonds. The molecule has 2 N–H and O–H groups in total. The number of hydrogen-bond donors (Lipinski definition) is 2. The lowest BCUT2D eigenvalue weighted by Gasteiger charge is -2.33. The fourth-order valence-corrected chi connectivity index (χ4v) is 5.63. The van der Waals surface area contributed by atoms with Crippen LogP contribution >= 0.6 is 23.1 Å². The number of quaternary nitrogens is 1. The highest BCUT2D eigenvalue weighted by atomic mass is 32.2. The monoisotopic (exact) mass is 383 g/mol. The summed E-state index contributed by atoms with van der Waals surface area (Å²) in [6.45, 7) is 9.82. The van der Waals surface area contributed by atoms with Gasteiger partial charge in [-0.25, -0.2) is 4.79 Å². The molecule has 1 aromatic heterocycles. The molecule has 0 aliphatic carbocycles. The number of nitrogens with one attached hydrogen (secondary N) is 2. The number of carbonyl (C=O) groups is 2. The molecule has 3 heterocycles. The minimum atomic E-state index is 0.0386. The number of piperazine rings is 1. The Morgan fingerprint density at radius 3 is 2.80 bits per heavy atom. The molecule has 0 bridgehead atoms. The maximum absolute atomic E-state index is 12.5. The van der Waals surface area contributed by atoms with Crippen molar-refractivity contribution in [2.75, 3.05) is 45.8 Å². The second-order valence-corrected chi connectivity index (χ2v) is 8.91. The smallest absolute Gasteiger partial charge is 0.317 e. The van der Waals surface area contributed by atoms with Gasteiger partial charge in [0.1, 0.15) is 5.37 Å². The largest absolute Gasteiger partial charge is 0.338 e. The van der Waals surface area contributed by atoms with Gasteiger partial charge in [-0.15, -0.1) is 23.1 Å². The van der Waals surface area contributed by atoms with Crippen LogP contribution in [-0.4, -0.2) is 72.8 Å². The van der Waals surface area contributed by atoms with Gasteiger partial charge in [-0.05, 0) is 25.3 Å². The topological polar surface area (TPSA) is 57.1 Å². The van der Waals surface area contributed by atoms with Crippen molar-refractivity contribution in [3.63, 3.8) is 0 Å². The number of amides is 3. The van der Waals surface area contributed by atoms with Crippen LogP contribution < -0.4 is 10.2 Å². The minimum absolute atomic E-state index is 0.0386. The highest BCUT2D eigenvalue weighted by Crippen LogP contribution is 2.43. The number of hydrogen-bond acceptors (Lipinski definition) is 4. The van der Waals surface area contributed by atoms with Crippen LogP contribution in [0.4, 0.5) is 4.79 Å². The maximum Gasteiger partial charge on any atom is 0.317 e. The Morgan fingerprint density at radius 1 is 1.40 bits per heavy atom. The number of thioether (sulfide) groups is 1. The Hall–Kier alpha value is -1.25. The maximum atomic E-state index is 12.5. The molecule has 3 rings (SSSR count). The summed E-state index contributed by atoms with van der Waals surface area (Å²) in [5.74, 6) is 0.253. The van der Waals surface area contributed by atoms with E-state index in [1.165, 1.54) is 9.78 Å². The molecule has 1 aromatic rings. The van der Waals surface area contributed by atoms with Crippen LogP contribution in [0, 0.1) is 0 Å². The van der Waals surface area contributed by atoms with Crippen LogP contribution in [0.1, 0.15) is 24.1 Å². The summed E-state index contributed by atoms with van der Waals surface area (Å²) in [5, 5.41) is 5.14. The lowest BCUT2D eigenvalue weighted by Crippen LogP contribution is -3.15. The molecule has 8 heteroatoms. The van der Waals surface area contributed by atoms with E-state index in [4.69, 9.17) is 0 Å². The zero-order valence-electron chi connectivity index (χ0n) is 14.9. The lowest BCUT2D eigenvalue weighted by molar-refractivity contribution is -0.903. The van der Waals surface area contributed by atoms with Crippen molar-refractivity contribution in [1.29, 1.82) is 0 Å². The predicted octanol–water partition coefficient (Wildman–Crippen LogP) is 0.641. The van der Waals surface area contributed by atoms with Crippen molar-refractivity contribution in [2.24, 2.45) is 0 Å². The van der Waals surface area contributed by atoms with Crippen molar-refractivity contribution in [3.8, 4) is 0 Å². The van der Waals surface area contributed by atoms with Gasteiger partial charge >= 0.3 is 6.03 Å². The van der Waals surface area contributed by atoms with Crippen molar-refractivity contribution < 1.29 is 14.5 Å². The van der Waals surface area contributed by atoms with Gasteiger partial charge in [-0.3, -0.25) is 4.79 Å². The van der Waals surface area contributed by atoms with Crippen LogP contribution in [0.3, 0.4) is 0 Å². The van der Waals surface area contributed by atoms with Crippen LogP contribution in [0.5, 0.6) is 0 Å². The summed E-state index contributed by atoms with van der Waals surface area (Å²) >= 11 is 3.48. The summed E-state index contributed by atoms with van der Waals surface area (Å²) < 4.78 is 0. The fourth-order valence-electron chi connectivity index (χ4n) is 3.37. The van der Waals surface area contributed by atoms with Crippen molar-refractivity contribution in [3.05, 3.63) is 22.4 Å². The first-order valence-corrected chi connectivity index (χ1v) is 10.8. The molecule has 0 aromatic carbocycles. The molecule has 25 heavy (non-hydrogen) atoms. The van der Waals surface area contributed by atoms with E-state index in [1.807, 2.05) is 23.6 Å².